The Hall–Kier alpha value is -1.82. The standard InChI is InChI=1S/C10H9N3/c1-7-4-3-5-8-10(7)9(6-11)13(2)12-8/h3-5H,1-2H3. The van der Waals surface area contributed by atoms with E-state index in [1.54, 1.807) is 11.7 Å². The van der Waals surface area contributed by atoms with Crippen molar-refractivity contribution in [3.63, 3.8) is 0 Å². The first-order valence-electron chi connectivity index (χ1n) is 4.06. The average Bonchev–Trinajstić information content (AvgIpc) is 2.42. The summed E-state index contributed by atoms with van der Waals surface area (Å²) in [6.45, 7) is 1.99. The molecule has 1 aromatic heterocycles. The van der Waals surface area contributed by atoms with Crippen LogP contribution in [0.4, 0.5) is 0 Å². The molecule has 0 unspecified atom stereocenters. The second kappa shape index (κ2) is 2.60. The molecule has 0 atom stereocenters. The maximum Gasteiger partial charge on any atom is 0.146 e. The SMILES string of the molecule is Cc1cccc2nn(C)c(C#N)c12. The first kappa shape index (κ1) is 7.81. The highest BCUT2D eigenvalue weighted by atomic mass is 15.3. The third-order valence-corrected chi connectivity index (χ3v) is 2.17. The molecular formula is C10H9N3. The first-order chi connectivity index (χ1) is 6.24. The minimum absolute atomic E-state index is 0.633. The number of aromatic nitrogens is 2. The number of benzene rings is 1. The van der Waals surface area contributed by atoms with Gasteiger partial charge in [0.15, 0.2) is 0 Å². The van der Waals surface area contributed by atoms with Gasteiger partial charge in [-0.2, -0.15) is 10.4 Å². The Morgan fingerprint density at radius 3 is 2.92 bits per heavy atom. The lowest BCUT2D eigenvalue weighted by Crippen LogP contribution is -1.92. The molecule has 1 heterocycles. The molecule has 0 amide bonds. The van der Waals surface area contributed by atoms with Crippen LogP contribution < -0.4 is 0 Å². The molecule has 0 aliphatic carbocycles. The summed E-state index contributed by atoms with van der Waals surface area (Å²) in [5, 5.41) is 14.1. The summed E-state index contributed by atoms with van der Waals surface area (Å²) < 4.78 is 1.62. The average molecular weight is 171 g/mol. The van der Waals surface area contributed by atoms with Crippen LogP contribution in [0.3, 0.4) is 0 Å². The molecular weight excluding hydrogens is 162 g/mol. The fraction of sp³-hybridized carbons (Fsp3) is 0.200. The molecule has 0 fully saturated rings. The van der Waals surface area contributed by atoms with Crippen molar-refractivity contribution in [3.8, 4) is 6.07 Å². The van der Waals surface area contributed by atoms with Gasteiger partial charge in [0.1, 0.15) is 11.8 Å². The Bertz CT molecular complexity index is 503. The van der Waals surface area contributed by atoms with Crippen molar-refractivity contribution in [2.75, 3.05) is 0 Å². The smallest absolute Gasteiger partial charge is 0.146 e. The van der Waals surface area contributed by atoms with E-state index in [0.29, 0.717) is 5.69 Å². The molecule has 0 N–H and O–H groups in total. The van der Waals surface area contributed by atoms with Gasteiger partial charge in [-0.15, -0.1) is 0 Å². The Morgan fingerprint density at radius 1 is 1.46 bits per heavy atom. The van der Waals surface area contributed by atoms with Crippen LogP contribution in [0, 0.1) is 18.3 Å². The minimum atomic E-state index is 0.633. The van der Waals surface area contributed by atoms with Gasteiger partial charge in [-0.1, -0.05) is 12.1 Å². The number of fused-ring (bicyclic) bond motifs is 1. The summed E-state index contributed by atoms with van der Waals surface area (Å²) in [5.41, 5.74) is 2.62. The van der Waals surface area contributed by atoms with E-state index in [1.165, 1.54) is 0 Å². The van der Waals surface area contributed by atoms with Gasteiger partial charge in [0.05, 0.1) is 5.52 Å². The van der Waals surface area contributed by atoms with Crippen molar-refractivity contribution in [3.05, 3.63) is 29.5 Å². The molecule has 3 nitrogen and oxygen atoms in total. The summed E-state index contributed by atoms with van der Waals surface area (Å²) in [6, 6.07) is 8.02. The molecule has 2 aromatic rings. The van der Waals surface area contributed by atoms with Crippen molar-refractivity contribution >= 4 is 10.9 Å². The van der Waals surface area contributed by atoms with Crippen molar-refractivity contribution < 1.29 is 0 Å². The van der Waals surface area contributed by atoms with Crippen molar-refractivity contribution in [2.45, 2.75) is 6.92 Å². The first-order valence-corrected chi connectivity index (χ1v) is 4.06. The van der Waals surface area contributed by atoms with Crippen LogP contribution >= 0.6 is 0 Å². The largest absolute Gasteiger partial charge is 0.257 e. The monoisotopic (exact) mass is 171 g/mol. The van der Waals surface area contributed by atoms with Gasteiger partial charge < -0.3 is 0 Å². The molecule has 0 aliphatic heterocycles. The zero-order valence-electron chi connectivity index (χ0n) is 7.57. The Morgan fingerprint density at radius 2 is 2.23 bits per heavy atom. The van der Waals surface area contributed by atoms with E-state index in [9.17, 15) is 0 Å². The Kier molecular flexibility index (Phi) is 1.56. The van der Waals surface area contributed by atoms with Crippen LogP contribution in [0.15, 0.2) is 18.2 Å². The molecule has 0 spiro atoms. The molecule has 0 radical (unpaired) electrons. The van der Waals surface area contributed by atoms with Crippen LogP contribution in [0.5, 0.6) is 0 Å². The highest BCUT2D eigenvalue weighted by Crippen LogP contribution is 2.20. The number of nitrogens with zero attached hydrogens (tertiary/aromatic N) is 3. The predicted molar refractivity (Wildman–Crippen MR) is 50.2 cm³/mol. The Labute approximate surface area is 76.2 Å². The van der Waals surface area contributed by atoms with Gasteiger partial charge in [0, 0.05) is 12.4 Å². The fourth-order valence-electron chi connectivity index (χ4n) is 1.55. The lowest BCUT2D eigenvalue weighted by Gasteiger charge is -1.93. The minimum Gasteiger partial charge on any atom is -0.257 e. The quantitative estimate of drug-likeness (QED) is 0.606. The van der Waals surface area contributed by atoms with E-state index in [0.717, 1.165) is 16.5 Å². The predicted octanol–water partition coefficient (Wildman–Crippen LogP) is 1.75. The van der Waals surface area contributed by atoms with E-state index in [2.05, 4.69) is 11.2 Å². The number of hydrogen-bond donors (Lipinski definition) is 0. The second-order valence-electron chi connectivity index (χ2n) is 3.05. The molecule has 0 saturated carbocycles. The van der Waals surface area contributed by atoms with Gasteiger partial charge >= 0.3 is 0 Å². The van der Waals surface area contributed by atoms with Gasteiger partial charge in [0.2, 0.25) is 0 Å². The third kappa shape index (κ3) is 0.994. The summed E-state index contributed by atoms with van der Waals surface area (Å²) in [4.78, 5) is 0. The van der Waals surface area contributed by atoms with Gasteiger partial charge in [-0.05, 0) is 18.6 Å². The summed E-state index contributed by atoms with van der Waals surface area (Å²) in [6.07, 6.45) is 0. The van der Waals surface area contributed by atoms with E-state index in [4.69, 9.17) is 5.26 Å². The molecule has 0 bridgehead atoms. The number of hydrogen-bond acceptors (Lipinski definition) is 2. The molecule has 1 aromatic carbocycles. The topological polar surface area (TPSA) is 41.6 Å². The van der Waals surface area contributed by atoms with Gasteiger partial charge in [0.25, 0.3) is 0 Å². The van der Waals surface area contributed by atoms with Crippen LogP contribution in [0.25, 0.3) is 10.9 Å². The normalized spacial score (nSPS) is 10.2. The second-order valence-corrected chi connectivity index (χ2v) is 3.05. The lowest BCUT2D eigenvalue weighted by molar-refractivity contribution is 0.767. The van der Waals surface area contributed by atoms with Gasteiger partial charge in [-0.3, -0.25) is 4.68 Å². The van der Waals surface area contributed by atoms with Crippen LogP contribution in [0.2, 0.25) is 0 Å². The van der Waals surface area contributed by atoms with Gasteiger partial charge in [-0.25, -0.2) is 0 Å². The number of aryl methyl sites for hydroxylation is 2. The van der Waals surface area contributed by atoms with Crippen molar-refractivity contribution in [1.29, 1.82) is 5.26 Å². The zero-order chi connectivity index (χ0) is 9.42. The van der Waals surface area contributed by atoms with Crippen molar-refractivity contribution in [2.24, 2.45) is 7.05 Å². The van der Waals surface area contributed by atoms with E-state index < -0.39 is 0 Å². The molecule has 0 saturated heterocycles. The fourth-order valence-corrected chi connectivity index (χ4v) is 1.55. The zero-order valence-corrected chi connectivity index (χ0v) is 7.57. The molecule has 3 heteroatoms. The molecule has 2 rings (SSSR count). The summed E-state index contributed by atoms with van der Waals surface area (Å²) in [7, 11) is 1.79. The number of nitriles is 1. The number of rotatable bonds is 0. The Balaban J connectivity index is 2.99. The molecule has 64 valence electrons. The van der Waals surface area contributed by atoms with E-state index in [1.807, 2.05) is 25.1 Å². The third-order valence-electron chi connectivity index (χ3n) is 2.17. The summed E-state index contributed by atoms with van der Waals surface area (Å²) >= 11 is 0. The molecule has 0 aliphatic rings. The highest BCUT2D eigenvalue weighted by molar-refractivity contribution is 5.86. The van der Waals surface area contributed by atoms with E-state index >= 15 is 0 Å². The molecule has 13 heavy (non-hydrogen) atoms. The van der Waals surface area contributed by atoms with E-state index in [-0.39, 0.29) is 0 Å². The highest BCUT2D eigenvalue weighted by Gasteiger charge is 2.08. The lowest BCUT2D eigenvalue weighted by atomic mass is 10.1. The summed E-state index contributed by atoms with van der Waals surface area (Å²) in [5.74, 6) is 0. The van der Waals surface area contributed by atoms with Crippen LogP contribution in [0.1, 0.15) is 11.3 Å². The maximum atomic E-state index is 8.92. The van der Waals surface area contributed by atoms with Crippen molar-refractivity contribution in [1.82, 2.24) is 9.78 Å². The maximum absolute atomic E-state index is 8.92. The van der Waals surface area contributed by atoms with Crippen LogP contribution in [-0.4, -0.2) is 9.78 Å². The van der Waals surface area contributed by atoms with Crippen LogP contribution in [-0.2, 0) is 7.05 Å².